The number of fused-ring (bicyclic) bond motifs is 1. The van der Waals surface area contributed by atoms with Gasteiger partial charge in [0.05, 0.1) is 12.5 Å². The highest BCUT2D eigenvalue weighted by molar-refractivity contribution is 6.20. The van der Waals surface area contributed by atoms with Crippen molar-refractivity contribution in [1.29, 1.82) is 0 Å². The fourth-order valence-corrected chi connectivity index (χ4v) is 2.56. The number of hydrogen-bond acceptors (Lipinski definition) is 6. The van der Waals surface area contributed by atoms with Gasteiger partial charge in [0, 0.05) is 25.4 Å². The number of nitrogens with zero attached hydrogens (tertiary/aromatic N) is 3. The van der Waals surface area contributed by atoms with Gasteiger partial charge in [-0.2, -0.15) is 0 Å². The number of carbonyl (C=O) groups excluding carboxylic acids is 2. The van der Waals surface area contributed by atoms with Gasteiger partial charge in [-0.1, -0.05) is 5.92 Å². The molecule has 2 aromatic rings. The van der Waals surface area contributed by atoms with Gasteiger partial charge in [-0.3, -0.25) is 9.59 Å². The van der Waals surface area contributed by atoms with Gasteiger partial charge in [0.15, 0.2) is 0 Å². The van der Waals surface area contributed by atoms with Crippen LogP contribution in [0.4, 0.5) is 10.6 Å². The number of nitrogens with one attached hydrogen (secondary N) is 1. The molecule has 0 saturated carbocycles. The molecule has 0 fully saturated rings. The molecule has 0 bridgehead atoms. The molecular weight excluding hydrogens is 374 g/mol. The summed E-state index contributed by atoms with van der Waals surface area (Å²) in [5.74, 6) is 4.91. The van der Waals surface area contributed by atoms with E-state index in [9.17, 15) is 14.4 Å². The molecule has 142 valence electrons. The number of hydrogen-bond donors (Lipinski definition) is 2. The van der Waals surface area contributed by atoms with E-state index in [1.807, 2.05) is 6.92 Å². The van der Waals surface area contributed by atoms with E-state index in [1.165, 1.54) is 26.3 Å². The van der Waals surface area contributed by atoms with Crippen LogP contribution < -0.4 is 16.5 Å². The third kappa shape index (κ3) is 3.96. The van der Waals surface area contributed by atoms with Crippen LogP contribution in [0, 0.1) is 11.8 Å². The highest BCUT2D eigenvalue weighted by atomic mass is 35.5. The lowest BCUT2D eigenvalue weighted by Crippen LogP contribution is -2.30. The zero-order valence-electron chi connectivity index (χ0n) is 15.0. The number of carbonyl (C=O) groups is 2. The molecule has 27 heavy (non-hydrogen) atoms. The lowest BCUT2D eigenvalue weighted by molar-refractivity contribution is 0.0962. The first-order valence-electron chi connectivity index (χ1n) is 7.90. The second kappa shape index (κ2) is 8.42. The van der Waals surface area contributed by atoms with Crippen molar-refractivity contribution in [2.45, 2.75) is 13.5 Å². The van der Waals surface area contributed by atoms with Crippen LogP contribution in [-0.2, 0) is 11.3 Å². The second-order valence-corrected chi connectivity index (χ2v) is 5.68. The van der Waals surface area contributed by atoms with Crippen molar-refractivity contribution in [3.8, 4) is 11.8 Å². The number of rotatable bonds is 3. The second-order valence-electron chi connectivity index (χ2n) is 5.27. The quantitative estimate of drug-likeness (QED) is 0.593. The van der Waals surface area contributed by atoms with Crippen molar-refractivity contribution < 1.29 is 14.3 Å². The number of pyridine rings is 2. The van der Waals surface area contributed by atoms with E-state index in [4.69, 9.17) is 17.5 Å². The molecule has 2 aromatic heterocycles. The normalized spacial score (nSPS) is 10.1. The summed E-state index contributed by atoms with van der Waals surface area (Å²) in [4.78, 5) is 40.2. The number of aryl methyl sites for hydroxylation is 1. The lowest BCUT2D eigenvalue weighted by Gasteiger charge is -2.14. The number of amides is 2. The summed E-state index contributed by atoms with van der Waals surface area (Å²) in [7, 11) is 2.63. The van der Waals surface area contributed by atoms with Gasteiger partial charge in [-0.25, -0.2) is 14.2 Å². The standard InChI is InChI=1S/C17H18ClN5O4/c1-4-22-14(19)12(16(25)20-2)13(24)11-8-7-10(21-15(11)22)6-5-9-23(18)17(26)27-3/h7-8H,4,9,19H2,1-3H3,(H,20,25). The van der Waals surface area contributed by atoms with Crippen molar-refractivity contribution in [3.63, 3.8) is 0 Å². The van der Waals surface area contributed by atoms with E-state index in [2.05, 4.69) is 26.9 Å². The molecule has 3 N–H and O–H groups in total. The molecule has 0 atom stereocenters. The zero-order valence-corrected chi connectivity index (χ0v) is 15.8. The molecule has 2 amide bonds. The Morgan fingerprint density at radius 3 is 2.74 bits per heavy atom. The van der Waals surface area contributed by atoms with Crippen LogP contribution in [-0.4, -0.2) is 46.7 Å². The minimum Gasteiger partial charge on any atom is -0.452 e. The van der Waals surface area contributed by atoms with E-state index in [0.29, 0.717) is 17.9 Å². The number of ether oxygens (including phenoxy) is 1. The van der Waals surface area contributed by atoms with Crippen molar-refractivity contribution in [3.05, 3.63) is 33.6 Å². The van der Waals surface area contributed by atoms with Gasteiger partial charge >= 0.3 is 6.09 Å². The van der Waals surface area contributed by atoms with Gasteiger partial charge in [0.25, 0.3) is 5.91 Å². The number of anilines is 1. The topological polar surface area (TPSA) is 120 Å². The van der Waals surface area contributed by atoms with Crippen LogP contribution in [0.25, 0.3) is 11.0 Å². The molecule has 10 heteroatoms. The lowest BCUT2D eigenvalue weighted by atomic mass is 10.1. The summed E-state index contributed by atoms with van der Waals surface area (Å²) < 4.78 is 6.80. The minimum absolute atomic E-state index is 0.0320. The summed E-state index contributed by atoms with van der Waals surface area (Å²) >= 11 is 5.68. The Kier molecular flexibility index (Phi) is 6.26. The molecule has 0 spiro atoms. The van der Waals surface area contributed by atoms with Crippen molar-refractivity contribution in [2.75, 3.05) is 26.4 Å². The molecule has 0 aliphatic rings. The Morgan fingerprint density at radius 1 is 1.44 bits per heavy atom. The summed E-state index contributed by atoms with van der Waals surface area (Å²) in [6.07, 6.45) is -0.730. The smallest absolute Gasteiger partial charge is 0.425 e. The number of aromatic nitrogens is 2. The third-order valence-corrected chi connectivity index (χ3v) is 3.98. The largest absolute Gasteiger partial charge is 0.452 e. The van der Waals surface area contributed by atoms with Crippen molar-refractivity contribution in [1.82, 2.24) is 19.3 Å². The number of halogens is 1. The Labute approximate surface area is 160 Å². The highest BCUT2D eigenvalue weighted by Crippen LogP contribution is 2.17. The summed E-state index contributed by atoms with van der Waals surface area (Å²) in [5, 5.41) is 2.67. The highest BCUT2D eigenvalue weighted by Gasteiger charge is 2.20. The van der Waals surface area contributed by atoms with Gasteiger partial charge in [0.2, 0.25) is 5.43 Å². The maximum Gasteiger partial charge on any atom is 0.425 e. The minimum atomic E-state index is -0.730. The molecule has 0 aliphatic heterocycles. The van der Waals surface area contributed by atoms with Gasteiger partial charge in [0.1, 0.15) is 29.3 Å². The van der Waals surface area contributed by atoms with E-state index < -0.39 is 17.4 Å². The van der Waals surface area contributed by atoms with Crippen LogP contribution in [0.1, 0.15) is 23.0 Å². The predicted molar refractivity (Wildman–Crippen MR) is 101 cm³/mol. The first-order valence-corrected chi connectivity index (χ1v) is 8.24. The molecule has 0 aromatic carbocycles. The summed E-state index contributed by atoms with van der Waals surface area (Å²) in [6, 6.07) is 3.07. The molecule has 0 saturated heterocycles. The van der Waals surface area contributed by atoms with Gasteiger partial charge < -0.3 is 20.4 Å². The average Bonchev–Trinajstić information content (AvgIpc) is 2.67. The maximum atomic E-state index is 12.6. The van der Waals surface area contributed by atoms with Crippen LogP contribution in [0.2, 0.25) is 0 Å². The zero-order chi connectivity index (χ0) is 20.1. The number of methoxy groups -OCH3 is 1. The van der Waals surface area contributed by atoms with Crippen LogP contribution >= 0.6 is 11.8 Å². The number of nitrogen functional groups attached to an aromatic ring is 1. The maximum absolute atomic E-state index is 12.6. The SMILES string of the molecule is CCn1c(N)c(C(=O)NC)c(=O)c2ccc(C#CCN(Cl)C(=O)OC)nc21. The fourth-order valence-electron chi connectivity index (χ4n) is 2.43. The number of nitrogens with two attached hydrogens (primary N) is 1. The molecule has 2 rings (SSSR count). The summed E-state index contributed by atoms with van der Waals surface area (Å²) in [5.41, 5.74) is 6.07. The van der Waals surface area contributed by atoms with Crippen molar-refractivity contribution in [2.24, 2.45) is 0 Å². The molecule has 2 heterocycles. The Morgan fingerprint density at radius 2 is 2.15 bits per heavy atom. The molecule has 0 unspecified atom stereocenters. The Balaban J connectivity index is 2.53. The van der Waals surface area contributed by atoms with E-state index in [-0.39, 0.29) is 23.3 Å². The molecule has 0 aliphatic carbocycles. The van der Waals surface area contributed by atoms with Gasteiger partial charge in [-0.05, 0) is 25.0 Å². The molecular formula is C17H18ClN5O4. The van der Waals surface area contributed by atoms with Crippen LogP contribution in [0.15, 0.2) is 16.9 Å². The fraction of sp³-hybridized carbons (Fsp3) is 0.294. The Hall–Kier alpha value is -3.25. The monoisotopic (exact) mass is 391 g/mol. The average molecular weight is 392 g/mol. The molecule has 0 radical (unpaired) electrons. The predicted octanol–water partition coefficient (Wildman–Crippen LogP) is 0.932. The Bertz CT molecular complexity index is 1020. The first kappa shape index (κ1) is 20.1. The third-order valence-electron chi connectivity index (χ3n) is 3.73. The molecule has 9 nitrogen and oxygen atoms in total. The van der Waals surface area contributed by atoms with Crippen LogP contribution in [0.3, 0.4) is 0 Å². The van der Waals surface area contributed by atoms with Gasteiger partial charge in [-0.15, -0.1) is 0 Å². The first-order chi connectivity index (χ1) is 12.8. The van der Waals surface area contributed by atoms with E-state index >= 15 is 0 Å². The van der Waals surface area contributed by atoms with Crippen molar-refractivity contribution >= 4 is 40.6 Å². The summed E-state index contributed by atoms with van der Waals surface area (Å²) in [6.45, 7) is 2.14. The van der Waals surface area contributed by atoms with E-state index in [0.717, 1.165) is 4.42 Å². The van der Waals surface area contributed by atoms with E-state index in [1.54, 1.807) is 4.57 Å². The van der Waals surface area contributed by atoms with Crippen LogP contribution in [0.5, 0.6) is 0 Å².